The molecule has 0 bridgehead atoms. The van der Waals surface area contributed by atoms with Crippen molar-refractivity contribution in [2.45, 2.75) is 58.4 Å². The van der Waals surface area contributed by atoms with E-state index in [1.165, 1.54) is 11.3 Å². The summed E-state index contributed by atoms with van der Waals surface area (Å²) >= 11 is 0. The number of benzene rings is 1. The van der Waals surface area contributed by atoms with E-state index in [0.717, 1.165) is 51.9 Å². The molecule has 0 radical (unpaired) electrons. The number of carbonyl (C=O) groups is 2. The van der Waals surface area contributed by atoms with E-state index in [1.54, 1.807) is 24.4 Å². The predicted molar refractivity (Wildman–Crippen MR) is 132 cm³/mol. The first-order valence-corrected chi connectivity index (χ1v) is 12.2. The lowest BCUT2D eigenvalue weighted by Crippen LogP contribution is -2.59. The minimum absolute atomic E-state index is 0.256. The lowest BCUT2D eigenvalue weighted by Gasteiger charge is -2.39. The van der Waals surface area contributed by atoms with E-state index in [0.29, 0.717) is 29.2 Å². The highest BCUT2D eigenvalue weighted by molar-refractivity contribution is 6.53. The van der Waals surface area contributed by atoms with Crippen molar-refractivity contribution < 1.29 is 9.59 Å². The highest BCUT2D eigenvalue weighted by atomic mass is 16.2. The summed E-state index contributed by atoms with van der Waals surface area (Å²) < 4.78 is 0. The van der Waals surface area contributed by atoms with Gasteiger partial charge >= 0.3 is 6.03 Å². The number of carbonyl (C=O) groups excluding carboxylic acids is 2. The van der Waals surface area contributed by atoms with E-state index in [-0.39, 0.29) is 18.0 Å². The molecule has 1 fully saturated rings. The Morgan fingerprint density at radius 2 is 1.97 bits per heavy atom. The summed E-state index contributed by atoms with van der Waals surface area (Å²) in [5.41, 5.74) is 4.60. The molecule has 1 aromatic carbocycles. The van der Waals surface area contributed by atoms with Crippen LogP contribution in [0.1, 0.15) is 62.7 Å². The zero-order chi connectivity index (χ0) is 23.2. The summed E-state index contributed by atoms with van der Waals surface area (Å²) in [4.78, 5) is 39.2. The number of para-hydroxylation sites is 1. The Bertz CT molecular complexity index is 963. The van der Waals surface area contributed by atoms with Crippen molar-refractivity contribution in [1.29, 1.82) is 0 Å². The quantitative estimate of drug-likeness (QED) is 0.681. The van der Waals surface area contributed by atoms with Crippen LogP contribution in [-0.4, -0.2) is 65.6 Å². The van der Waals surface area contributed by atoms with Gasteiger partial charge in [-0.25, -0.2) is 24.7 Å². The van der Waals surface area contributed by atoms with E-state index in [2.05, 4.69) is 39.2 Å². The molecule has 176 valence electrons. The van der Waals surface area contributed by atoms with Crippen LogP contribution in [0.3, 0.4) is 0 Å². The Hall–Kier alpha value is -2.84. The van der Waals surface area contributed by atoms with Crippen LogP contribution in [0, 0.1) is 0 Å². The normalized spacial score (nSPS) is 20.6. The number of rotatable bonds is 7. The number of nitrogens with one attached hydrogen (secondary N) is 1. The number of piperidine rings is 1. The SMILES string of the molecule is CCCN(CCC)CC1CCCCN1NC(=O)N1C2=NC=CCC2=NC(=O)c2ccccc21. The maximum atomic E-state index is 13.7. The first-order chi connectivity index (χ1) is 16.1. The molecule has 4 rings (SSSR count). The Balaban J connectivity index is 1.59. The number of urea groups is 1. The number of hydrogen-bond donors (Lipinski definition) is 1. The van der Waals surface area contributed by atoms with Gasteiger partial charge in [-0.05, 0) is 50.9 Å². The standard InChI is InChI=1S/C25H34N6O2/c1-3-15-29(16-4-2)18-19-10-7-8-17-30(19)28-25(33)31-22-13-6-5-11-20(22)24(32)27-21-12-9-14-26-23(21)31/h5-6,9,11,13-14,19H,3-4,7-8,10,12,15-18H2,1-2H3,(H,28,33). The number of amidine groups is 1. The predicted octanol–water partition coefficient (Wildman–Crippen LogP) is 4.00. The first kappa shape index (κ1) is 23.3. The van der Waals surface area contributed by atoms with E-state index >= 15 is 0 Å². The number of anilines is 1. The van der Waals surface area contributed by atoms with Gasteiger partial charge in [0.1, 0.15) is 0 Å². The number of hydrogen-bond acceptors (Lipinski definition) is 5. The second kappa shape index (κ2) is 10.9. The summed E-state index contributed by atoms with van der Waals surface area (Å²) in [6.07, 6.45) is 9.48. The molecule has 1 saturated heterocycles. The second-order valence-electron chi connectivity index (χ2n) is 8.82. The Morgan fingerprint density at radius 3 is 2.76 bits per heavy atom. The molecule has 0 aliphatic carbocycles. The van der Waals surface area contributed by atoms with Gasteiger partial charge in [0.2, 0.25) is 0 Å². The van der Waals surface area contributed by atoms with Crippen LogP contribution in [0.4, 0.5) is 10.5 Å². The summed E-state index contributed by atoms with van der Waals surface area (Å²) in [5.74, 6) is 0.0741. The first-order valence-electron chi connectivity index (χ1n) is 12.2. The van der Waals surface area contributed by atoms with Gasteiger partial charge < -0.3 is 4.90 Å². The third-order valence-electron chi connectivity index (χ3n) is 6.31. The Labute approximate surface area is 196 Å². The number of nitrogens with zero attached hydrogens (tertiary/aromatic N) is 5. The lowest BCUT2D eigenvalue weighted by atomic mass is 10.0. The van der Waals surface area contributed by atoms with Gasteiger partial charge in [0.15, 0.2) is 5.84 Å². The Morgan fingerprint density at radius 1 is 1.18 bits per heavy atom. The van der Waals surface area contributed by atoms with Crippen molar-refractivity contribution in [3.8, 4) is 0 Å². The average Bonchev–Trinajstić information content (AvgIpc) is 2.94. The number of allylic oxidation sites excluding steroid dienone is 1. The van der Waals surface area contributed by atoms with Gasteiger partial charge in [0, 0.05) is 31.8 Å². The molecule has 3 aliphatic rings. The highest BCUT2D eigenvalue weighted by Gasteiger charge is 2.35. The molecule has 0 saturated carbocycles. The molecule has 3 aliphatic heterocycles. The molecule has 1 N–H and O–H groups in total. The molecule has 1 unspecified atom stereocenters. The van der Waals surface area contributed by atoms with Crippen LogP contribution >= 0.6 is 0 Å². The van der Waals surface area contributed by atoms with Crippen LogP contribution in [0.15, 0.2) is 46.5 Å². The van der Waals surface area contributed by atoms with E-state index in [9.17, 15) is 9.59 Å². The summed E-state index contributed by atoms with van der Waals surface area (Å²) in [5, 5.41) is 2.09. The molecule has 3 amide bonds. The summed E-state index contributed by atoms with van der Waals surface area (Å²) in [6, 6.07) is 7.07. The van der Waals surface area contributed by atoms with Crippen LogP contribution in [-0.2, 0) is 0 Å². The lowest BCUT2D eigenvalue weighted by molar-refractivity contribution is 0.0702. The maximum absolute atomic E-state index is 13.7. The number of amides is 3. The molecular formula is C25H34N6O2. The number of fused-ring (bicyclic) bond motifs is 2. The van der Waals surface area contributed by atoms with Crippen LogP contribution in [0.5, 0.6) is 0 Å². The molecule has 33 heavy (non-hydrogen) atoms. The van der Waals surface area contributed by atoms with Crippen molar-refractivity contribution in [3.63, 3.8) is 0 Å². The summed E-state index contributed by atoms with van der Waals surface area (Å²) in [7, 11) is 0. The van der Waals surface area contributed by atoms with Gasteiger partial charge in [-0.2, -0.15) is 0 Å². The van der Waals surface area contributed by atoms with Crippen molar-refractivity contribution >= 4 is 29.2 Å². The van der Waals surface area contributed by atoms with Crippen LogP contribution in [0.25, 0.3) is 0 Å². The van der Waals surface area contributed by atoms with Crippen molar-refractivity contribution in [1.82, 2.24) is 15.3 Å². The third-order valence-corrected chi connectivity index (χ3v) is 6.31. The fourth-order valence-corrected chi connectivity index (χ4v) is 4.82. The topological polar surface area (TPSA) is 80.6 Å². The van der Waals surface area contributed by atoms with Gasteiger partial charge in [-0.15, -0.1) is 0 Å². The van der Waals surface area contributed by atoms with Crippen molar-refractivity contribution in [3.05, 3.63) is 42.1 Å². The Kier molecular flexibility index (Phi) is 7.67. The average molecular weight is 451 g/mol. The molecule has 8 heteroatoms. The zero-order valence-corrected chi connectivity index (χ0v) is 19.7. The second-order valence-corrected chi connectivity index (χ2v) is 8.82. The molecule has 8 nitrogen and oxygen atoms in total. The molecule has 3 heterocycles. The number of hydrazine groups is 1. The van der Waals surface area contributed by atoms with Crippen LogP contribution in [0.2, 0.25) is 0 Å². The molecule has 1 aromatic rings. The van der Waals surface area contributed by atoms with Gasteiger partial charge in [-0.3, -0.25) is 10.2 Å². The van der Waals surface area contributed by atoms with Gasteiger partial charge in [0.05, 0.1) is 17.0 Å². The zero-order valence-electron chi connectivity index (χ0n) is 19.7. The van der Waals surface area contributed by atoms with Crippen LogP contribution < -0.4 is 10.3 Å². The molecular weight excluding hydrogens is 416 g/mol. The highest BCUT2D eigenvalue weighted by Crippen LogP contribution is 2.27. The fourth-order valence-electron chi connectivity index (χ4n) is 4.82. The molecule has 0 aromatic heterocycles. The minimum Gasteiger partial charge on any atom is -0.302 e. The van der Waals surface area contributed by atoms with E-state index < -0.39 is 0 Å². The van der Waals surface area contributed by atoms with E-state index in [1.807, 2.05) is 12.1 Å². The fraction of sp³-hybridized carbons (Fsp3) is 0.520. The van der Waals surface area contributed by atoms with E-state index in [4.69, 9.17) is 0 Å². The monoisotopic (exact) mass is 450 g/mol. The molecule has 0 spiro atoms. The number of aliphatic imine (C=N–C) groups is 2. The smallest absolute Gasteiger partial charge is 0.302 e. The van der Waals surface area contributed by atoms with Crippen molar-refractivity contribution in [2.75, 3.05) is 31.1 Å². The third kappa shape index (κ3) is 5.23. The van der Waals surface area contributed by atoms with Crippen molar-refractivity contribution in [2.24, 2.45) is 9.98 Å². The largest absolute Gasteiger partial charge is 0.342 e. The summed E-state index contributed by atoms with van der Waals surface area (Å²) in [6.45, 7) is 8.30. The van der Waals surface area contributed by atoms with Gasteiger partial charge in [0.25, 0.3) is 5.91 Å². The maximum Gasteiger partial charge on any atom is 0.342 e. The minimum atomic E-state index is -0.343. The van der Waals surface area contributed by atoms with Gasteiger partial charge in [-0.1, -0.05) is 38.5 Å². The molecule has 1 atom stereocenters.